The van der Waals surface area contributed by atoms with Gasteiger partial charge in [0, 0.05) is 29.9 Å². The second kappa shape index (κ2) is 5.78. The van der Waals surface area contributed by atoms with Gasteiger partial charge in [-0.25, -0.2) is 8.42 Å². The molecule has 3 N–H and O–H groups in total. The van der Waals surface area contributed by atoms with Crippen LogP contribution in [0.25, 0.3) is 0 Å². The molecule has 19 heavy (non-hydrogen) atoms. The average Bonchev–Trinajstić information content (AvgIpc) is 2.41. The summed E-state index contributed by atoms with van der Waals surface area (Å²) < 4.78 is 27.0. The largest absolute Gasteiger partial charge is 0.398 e. The first-order valence-electron chi connectivity index (χ1n) is 6.11. The molecule has 1 aliphatic rings. The molecule has 5 nitrogen and oxygen atoms in total. The Morgan fingerprint density at radius 3 is 2.84 bits per heavy atom. The van der Waals surface area contributed by atoms with Crippen LogP contribution in [-0.2, 0) is 10.0 Å². The van der Waals surface area contributed by atoms with Crippen LogP contribution in [0.5, 0.6) is 0 Å². The molecular weight excluding hydrogens is 332 g/mol. The van der Waals surface area contributed by atoms with E-state index >= 15 is 0 Å². The molecule has 0 bridgehead atoms. The van der Waals surface area contributed by atoms with E-state index in [9.17, 15) is 13.5 Å². The highest BCUT2D eigenvalue weighted by Gasteiger charge is 2.30. The van der Waals surface area contributed by atoms with Crippen LogP contribution >= 0.6 is 15.9 Å². The minimum atomic E-state index is -3.51. The lowest BCUT2D eigenvalue weighted by Crippen LogP contribution is -2.40. The van der Waals surface area contributed by atoms with E-state index < -0.39 is 10.0 Å². The van der Waals surface area contributed by atoms with Crippen LogP contribution in [0.3, 0.4) is 0 Å². The summed E-state index contributed by atoms with van der Waals surface area (Å²) >= 11 is 3.24. The highest BCUT2D eigenvalue weighted by Crippen LogP contribution is 2.27. The van der Waals surface area contributed by atoms with Crippen LogP contribution in [-0.4, -0.2) is 37.5 Å². The second-order valence-electron chi connectivity index (χ2n) is 4.74. The lowest BCUT2D eigenvalue weighted by atomic mass is 10.0. The fourth-order valence-electron chi connectivity index (χ4n) is 2.21. The van der Waals surface area contributed by atoms with E-state index in [0.717, 1.165) is 12.8 Å². The first-order valence-corrected chi connectivity index (χ1v) is 8.34. The van der Waals surface area contributed by atoms with Gasteiger partial charge in [0.1, 0.15) is 0 Å². The maximum Gasteiger partial charge on any atom is 0.243 e. The Labute approximate surface area is 121 Å². The van der Waals surface area contributed by atoms with Crippen molar-refractivity contribution < 1.29 is 13.5 Å². The molecule has 106 valence electrons. The molecule has 1 saturated heterocycles. The zero-order valence-electron chi connectivity index (χ0n) is 10.4. The molecule has 0 aliphatic carbocycles. The smallest absolute Gasteiger partial charge is 0.243 e. The van der Waals surface area contributed by atoms with Gasteiger partial charge in [0.2, 0.25) is 10.0 Å². The summed E-state index contributed by atoms with van der Waals surface area (Å²) in [6.45, 7) is 0.902. The molecule has 1 aromatic rings. The monoisotopic (exact) mass is 348 g/mol. The van der Waals surface area contributed by atoms with Gasteiger partial charge in [0.15, 0.2) is 0 Å². The van der Waals surface area contributed by atoms with Gasteiger partial charge in [0.05, 0.1) is 4.90 Å². The maximum atomic E-state index is 12.5. The third-order valence-electron chi connectivity index (χ3n) is 3.35. The fourth-order valence-corrected chi connectivity index (χ4v) is 4.32. The van der Waals surface area contributed by atoms with E-state index in [-0.39, 0.29) is 17.4 Å². The predicted molar refractivity (Wildman–Crippen MR) is 77.1 cm³/mol. The summed E-state index contributed by atoms with van der Waals surface area (Å²) in [5.74, 6) is 0.0285. The van der Waals surface area contributed by atoms with Crippen LogP contribution in [0.15, 0.2) is 27.6 Å². The lowest BCUT2D eigenvalue weighted by Gasteiger charge is -2.31. The van der Waals surface area contributed by atoms with E-state index in [1.54, 1.807) is 6.07 Å². The molecule has 2 rings (SSSR count). The number of benzene rings is 1. The summed E-state index contributed by atoms with van der Waals surface area (Å²) in [5, 5.41) is 9.18. The zero-order valence-corrected chi connectivity index (χ0v) is 12.8. The van der Waals surface area contributed by atoms with Crippen LogP contribution in [0.4, 0.5) is 5.69 Å². The van der Waals surface area contributed by atoms with Crippen LogP contribution in [0.1, 0.15) is 12.8 Å². The number of hydrogen-bond donors (Lipinski definition) is 2. The van der Waals surface area contributed by atoms with E-state index in [2.05, 4.69) is 15.9 Å². The van der Waals surface area contributed by atoms with Crippen molar-refractivity contribution in [1.82, 2.24) is 4.31 Å². The molecular formula is C12H17BrN2O3S. The number of piperidine rings is 1. The van der Waals surface area contributed by atoms with Crippen molar-refractivity contribution >= 4 is 31.6 Å². The van der Waals surface area contributed by atoms with Crippen molar-refractivity contribution in [3.63, 3.8) is 0 Å². The third-order valence-corrected chi connectivity index (χ3v) is 5.90. The third kappa shape index (κ3) is 3.10. The SMILES string of the molecule is Nc1ccc(S(=O)(=O)N2CCCC(CO)C2)cc1Br. The quantitative estimate of drug-likeness (QED) is 0.809. The summed E-state index contributed by atoms with van der Waals surface area (Å²) in [5.41, 5.74) is 6.17. The number of nitrogens with zero attached hydrogens (tertiary/aromatic N) is 1. The Bertz CT molecular complexity index is 562. The van der Waals surface area contributed by atoms with Crippen molar-refractivity contribution in [2.45, 2.75) is 17.7 Å². The summed E-state index contributed by atoms with van der Waals surface area (Å²) in [6.07, 6.45) is 1.65. The number of hydrogen-bond acceptors (Lipinski definition) is 4. The topological polar surface area (TPSA) is 83.6 Å². The number of rotatable bonds is 3. The van der Waals surface area contributed by atoms with Gasteiger partial charge in [0.25, 0.3) is 0 Å². The number of halogens is 1. The number of aliphatic hydroxyl groups is 1. The van der Waals surface area contributed by atoms with Crippen molar-refractivity contribution in [2.75, 3.05) is 25.4 Å². The van der Waals surface area contributed by atoms with Gasteiger partial charge in [-0.3, -0.25) is 0 Å². The Balaban J connectivity index is 2.28. The van der Waals surface area contributed by atoms with Gasteiger partial charge in [-0.15, -0.1) is 0 Å². The minimum Gasteiger partial charge on any atom is -0.398 e. The molecule has 1 atom stereocenters. The summed E-state index contributed by atoms with van der Waals surface area (Å²) in [7, 11) is -3.51. The first-order chi connectivity index (χ1) is 8.95. The molecule has 1 fully saturated rings. The van der Waals surface area contributed by atoms with Crippen molar-refractivity contribution in [3.05, 3.63) is 22.7 Å². The predicted octanol–water partition coefficient (Wildman–Crippen LogP) is 1.42. The first kappa shape index (κ1) is 14.8. The molecule has 0 spiro atoms. The number of nitrogen functional groups attached to an aromatic ring is 1. The summed E-state index contributed by atoms with van der Waals surface area (Å²) in [6, 6.07) is 4.61. The molecule has 0 amide bonds. The molecule has 7 heteroatoms. The van der Waals surface area contributed by atoms with Crippen LogP contribution in [0, 0.1) is 5.92 Å². The Hall–Kier alpha value is -0.630. The lowest BCUT2D eigenvalue weighted by molar-refractivity contribution is 0.165. The van der Waals surface area contributed by atoms with E-state index in [1.807, 2.05) is 0 Å². The zero-order chi connectivity index (χ0) is 14.0. The molecule has 0 radical (unpaired) electrons. The Morgan fingerprint density at radius 2 is 2.21 bits per heavy atom. The van der Waals surface area contributed by atoms with Crippen LogP contribution in [0.2, 0.25) is 0 Å². The molecule has 1 aliphatic heterocycles. The maximum absolute atomic E-state index is 12.5. The van der Waals surface area contributed by atoms with Crippen molar-refractivity contribution in [1.29, 1.82) is 0 Å². The second-order valence-corrected chi connectivity index (χ2v) is 7.53. The van der Waals surface area contributed by atoms with Gasteiger partial charge >= 0.3 is 0 Å². The molecule has 0 aromatic heterocycles. The van der Waals surface area contributed by atoms with E-state index in [4.69, 9.17) is 5.73 Å². The Kier molecular flexibility index (Phi) is 4.50. The van der Waals surface area contributed by atoms with Crippen molar-refractivity contribution in [3.8, 4) is 0 Å². The number of nitrogens with two attached hydrogens (primary N) is 1. The van der Waals surface area contributed by atoms with E-state index in [1.165, 1.54) is 16.4 Å². The number of aliphatic hydroxyl groups excluding tert-OH is 1. The van der Waals surface area contributed by atoms with Gasteiger partial charge in [-0.1, -0.05) is 0 Å². The average molecular weight is 349 g/mol. The number of anilines is 1. The minimum absolute atomic E-state index is 0.0253. The van der Waals surface area contributed by atoms with Crippen molar-refractivity contribution in [2.24, 2.45) is 5.92 Å². The highest BCUT2D eigenvalue weighted by atomic mass is 79.9. The van der Waals surface area contributed by atoms with Gasteiger partial charge in [-0.2, -0.15) is 4.31 Å². The Morgan fingerprint density at radius 1 is 1.47 bits per heavy atom. The summed E-state index contributed by atoms with van der Waals surface area (Å²) in [4.78, 5) is 0.229. The molecule has 1 heterocycles. The standard InChI is InChI=1S/C12H17BrN2O3S/c13-11-6-10(3-4-12(11)14)19(17,18)15-5-1-2-9(7-15)8-16/h3-4,6,9,16H,1-2,5,7-8,14H2. The molecule has 1 aromatic carbocycles. The fraction of sp³-hybridized carbons (Fsp3) is 0.500. The van der Waals surface area contributed by atoms with Gasteiger partial charge < -0.3 is 10.8 Å². The number of sulfonamides is 1. The molecule has 1 unspecified atom stereocenters. The normalized spacial score (nSPS) is 21.5. The van der Waals surface area contributed by atoms with E-state index in [0.29, 0.717) is 23.2 Å². The van der Waals surface area contributed by atoms with Crippen LogP contribution < -0.4 is 5.73 Å². The highest BCUT2D eigenvalue weighted by molar-refractivity contribution is 9.10. The van der Waals surface area contributed by atoms with Gasteiger partial charge in [-0.05, 0) is 52.9 Å². The molecule has 0 saturated carbocycles.